The molecule has 2 aliphatic rings. The highest BCUT2D eigenvalue weighted by Crippen LogP contribution is 2.59. The molecular weight excluding hydrogens is 302 g/mol. The van der Waals surface area contributed by atoms with E-state index in [1.807, 2.05) is 6.07 Å². The van der Waals surface area contributed by atoms with Gasteiger partial charge >= 0.3 is 0 Å². The van der Waals surface area contributed by atoms with Crippen molar-refractivity contribution >= 4 is 0 Å². The second-order valence-electron chi connectivity index (χ2n) is 7.67. The summed E-state index contributed by atoms with van der Waals surface area (Å²) in [5.74, 6) is 2.69. The summed E-state index contributed by atoms with van der Waals surface area (Å²) in [6, 6.07) is 4.26. The van der Waals surface area contributed by atoms with Crippen molar-refractivity contribution in [1.82, 2.24) is 4.90 Å². The van der Waals surface area contributed by atoms with Gasteiger partial charge in [0.25, 0.3) is 0 Å². The van der Waals surface area contributed by atoms with Crippen molar-refractivity contribution in [3.05, 3.63) is 23.3 Å². The van der Waals surface area contributed by atoms with Gasteiger partial charge in [-0.15, -0.1) is 0 Å². The van der Waals surface area contributed by atoms with E-state index in [4.69, 9.17) is 9.47 Å². The Bertz CT molecular complexity index is 586. The summed E-state index contributed by atoms with van der Waals surface area (Å²) < 4.78 is 11.4. The second-order valence-corrected chi connectivity index (χ2v) is 7.67. The number of rotatable bonds is 6. The van der Waals surface area contributed by atoms with Crippen LogP contribution in [0.5, 0.6) is 11.5 Å². The third kappa shape index (κ3) is 2.70. The average Bonchev–Trinajstić information content (AvgIpc) is 2.97. The number of fused-ring (bicyclic) bond motifs is 3. The number of methoxy groups -OCH3 is 2. The van der Waals surface area contributed by atoms with Gasteiger partial charge in [0.1, 0.15) is 0 Å². The van der Waals surface area contributed by atoms with Crippen molar-refractivity contribution in [2.75, 3.05) is 41.5 Å². The third-order valence-electron chi connectivity index (χ3n) is 6.33. The zero-order valence-electron chi connectivity index (χ0n) is 15.5. The summed E-state index contributed by atoms with van der Waals surface area (Å²) >= 11 is 0. The lowest BCUT2D eigenvalue weighted by Crippen LogP contribution is -2.41. The van der Waals surface area contributed by atoms with Crippen molar-refractivity contribution in [1.29, 1.82) is 0 Å². The highest BCUT2D eigenvalue weighted by Gasteiger charge is 2.52. The Hall–Kier alpha value is -1.26. The van der Waals surface area contributed by atoms with Crippen LogP contribution in [0.2, 0.25) is 0 Å². The zero-order valence-corrected chi connectivity index (χ0v) is 15.5. The van der Waals surface area contributed by atoms with Crippen LogP contribution in [0.1, 0.15) is 36.8 Å². The minimum atomic E-state index is 0.102. The molecule has 0 aromatic heterocycles. The molecule has 3 rings (SSSR count). The Kier molecular flexibility index (Phi) is 5.07. The smallest absolute Gasteiger partial charge is 0.164 e. The number of nitrogens with zero attached hydrogens (tertiary/aromatic N) is 1. The molecule has 24 heavy (non-hydrogen) atoms. The van der Waals surface area contributed by atoms with Crippen molar-refractivity contribution in [3.63, 3.8) is 0 Å². The second kappa shape index (κ2) is 6.93. The maximum absolute atomic E-state index is 9.91. The summed E-state index contributed by atoms with van der Waals surface area (Å²) in [4.78, 5) is 2.26. The summed E-state index contributed by atoms with van der Waals surface area (Å²) in [6.07, 6.45) is 5.58. The van der Waals surface area contributed by atoms with E-state index >= 15 is 0 Å². The summed E-state index contributed by atoms with van der Waals surface area (Å²) in [5, 5.41) is 9.91. The number of aryl methyl sites for hydroxylation is 1. The first-order chi connectivity index (χ1) is 11.6. The molecule has 0 amide bonds. The molecule has 0 radical (unpaired) electrons. The Morgan fingerprint density at radius 3 is 2.62 bits per heavy atom. The topological polar surface area (TPSA) is 41.9 Å². The molecule has 3 atom stereocenters. The minimum Gasteiger partial charge on any atom is -0.493 e. The van der Waals surface area contributed by atoms with Crippen LogP contribution < -0.4 is 9.47 Å². The molecule has 0 saturated heterocycles. The highest BCUT2D eigenvalue weighted by atomic mass is 16.5. The van der Waals surface area contributed by atoms with Crippen LogP contribution in [0.4, 0.5) is 0 Å². The standard InChI is InChI=1S/C20H31NO3/c1-21(2)12-11-20-10-9-15(13-22)16(20)7-5-14-6-8-17(23-3)19(24-4)18(14)20/h6,8,15-16,22H,5,7,9-13H2,1-4H3/t15?,16?,20-/m0/s1. The Morgan fingerprint density at radius 2 is 2.00 bits per heavy atom. The Morgan fingerprint density at radius 1 is 1.21 bits per heavy atom. The van der Waals surface area contributed by atoms with Gasteiger partial charge in [0.2, 0.25) is 0 Å². The van der Waals surface area contributed by atoms with Crippen molar-refractivity contribution in [2.45, 2.75) is 37.5 Å². The lowest BCUT2D eigenvalue weighted by atomic mass is 9.61. The minimum absolute atomic E-state index is 0.102. The highest BCUT2D eigenvalue weighted by molar-refractivity contribution is 5.56. The van der Waals surface area contributed by atoms with Gasteiger partial charge in [-0.3, -0.25) is 0 Å². The SMILES string of the molecule is COc1ccc2c(c1OC)[C@]1(CCN(C)C)CCC(CO)C1CC2. The number of ether oxygens (including phenoxy) is 2. The molecule has 4 nitrogen and oxygen atoms in total. The van der Waals surface area contributed by atoms with Gasteiger partial charge in [-0.25, -0.2) is 0 Å². The molecule has 0 heterocycles. The Balaban J connectivity index is 2.14. The first-order valence-electron chi connectivity index (χ1n) is 9.07. The fourth-order valence-electron chi connectivity index (χ4n) is 5.21. The van der Waals surface area contributed by atoms with Crippen molar-refractivity contribution in [2.24, 2.45) is 11.8 Å². The molecule has 0 spiro atoms. The van der Waals surface area contributed by atoms with Gasteiger partial charge in [0.15, 0.2) is 11.5 Å². The summed E-state index contributed by atoms with van der Waals surface area (Å²) in [7, 11) is 7.73. The molecule has 4 heteroatoms. The van der Waals surface area contributed by atoms with Crippen LogP contribution in [0, 0.1) is 11.8 Å². The molecular formula is C20H31NO3. The average molecular weight is 333 g/mol. The molecule has 1 fully saturated rings. The quantitative estimate of drug-likeness (QED) is 0.869. The maximum Gasteiger partial charge on any atom is 0.164 e. The normalized spacial score (nSPS) is 28.6. The van der Waals surface area contributed by atoms with E-state index in [1.54, 1.807) is 14.2 Å². The van der Waals surface area contributed by atoms with E-state index in [1.165, 1.54) is 17.5 Å². The number of hydrogen-bond acceptors (Lipinski definition) is 4. The lowest BCUT2D eigenvalue weighted by Gasteiger charge is -2.44. The van der Waals surface area contributed by atoms with Crippen molar-refractivity contribution in [3.8, 4) is 11.5 Å². The first-order valence-corrected chi connectivity index (χ1v) is 9.07. The van der Waals surface area contributed by atoms with Gasteiger partial charge in [-0.05, 0) is 76.2 Å². The molecule has 1 N–H and O–H groups in total. The number of aliphatic hydroxyl groups is 1. The predicted octanol–water partition coefficient (Wildman–Crippen LogP) is 2.86. The number of benzene rings is 1. The van der Waals surface area contributed by atoms with E-state index in [0.717, 1.165) is 43.7 Å². The fraction of sp³-hybridized carbons (Fsp3) is 0.700. The van der Waals surface area contributed by atoms with E-state index in [9.17, 15) is 5.11 Å². The van der Waals surface area contributed by atoms with Gasteiger partial charge in [0, 0.05) is 17.6 Å². The largest absolute Gasteiger partial charge is 0.493 e. The van der Waals surface area contributed by atoms with Crippen LogP contribution in [-0.4, -0.2) is 51.5 Å². The van der Waals surface area contributed by atoms with E-state index < -0.39 is 0 Å². The van der Waals surface area contributed by atoms with E-state index in [2.05, 4.69) is 25.1 Å². The Labute approximate surface area is 145 Å². The van der Waals surface area contributed by atoms with Gasteiger partial charge in [-0.2, -0.15) is 0 Å². The monoisotopic (exact) mass is 333 g/mol. The van der Waals surface area contributed by atoms with Crippen LogP contribution in [0.25, 0.3) is 0 Å². The first kappa shape index (κ1) is 17.6. The zero-order chi connectivity index (χ0) is 17.3. The molecule has 1 aromatic rings. The summed E-state index contributed by atoms with van der Waals surface area (Å²) in [6.45, 7) is 1.35. The fourth-order valence-corrected chi connectivity index (χ4v) is 5.21. The summed E-state index contributed by atoms with van der Waals surface area (Å²) in [5.41, 5.74) is 2.87. The molecule has 1 aromatic carbocycles. The number of aliphatic hydroxyl groups excluding tert-OH is 1. The van der Waals surface area contributed by atoms with Crippen LogP contribution in [-0.2, 0) is 11.8 Å². The predicted molar refractivity (Wildman–Crippen MR) is 96.0 cm³/mol. The van der Waals surface area contributed by atoms with Crippen LogP contribution in [0.3, 0.4) is 0 Å². The van der Waals surface area contributed by atoms with Crippen LogP contribution >= 0.6 is 0 Å². The maximum atomic E-state index is 9.91. The molecule has 1 saturated carbocycles. The molecule has 134 valence electrons. The lowest BCUT2D eigenvalue weighted by molar-refractivity contribution is 0.139. The van der Waals surface area contributed by atoms with E-state index in [-0.39, 0.29) is 5.41 Å². The van der Waals surface area contributed by atoms with Crippen molar-refractivity contribution < 1.29 is 14.6 Å². The van der Waals surface area contributed by atoms with Gasteiger partial charge < -0.3 is 19.5 Å². The molecule has 0 aliphatic heterocycles. The third-order valence-corrected chi connectivity index (χ3v) is 6.33. The molecule has 0 bridgehead atoms. The number of hydrogen-bond donors (Lipinski definition) is 1. The molecule has 2 aliphatic carbocycles. The van der Waals surface area contributed by atoms with Crippen LogP contribution in [0.15, 0.2) is 12.1 Å². The van der Waals surface area contributed by atoms with Gasteiger partial charge in [0.05, 0.1) is 14.2 Å². The van der Waals surface area contributed by atoms with E-state index in [0.29, 0.717) is 18.4 Å². The van der Waals surface area contributed by atoms with Gasteiger partial charge in [-0.1, -0.05) is 6.07 Å². The molecule has 2 unspecified atom stereocenters.